The van der Waals surface area contributed by atoms with E-state index in [9.17, 15) is 10.2 Å². The van der Waals surface area contributed by atoms with E-state index >= 15 is 0 Å². The molecule has 2 rings (SSSR count). The van der Waals surface area contributed by atoms with Crippen molar-refractivity contribution >= 4 is 0 Å². The Kier molecular flexibility index (Phi) is 7.83. The van der Waals surface area contributed by atoms with E-state index in [1.165, 1.54) is 6.42 Å². The van der Waals surface area contributed by atoms with Crippen LogP contribution in [0.5, 0.6) is 0 Å². The maximum atomic E-state index is 11.3. The molecule has 0 radical (unpaired) electrons. The molecule has 8 atom stereocenters. The summed E-state index contributed by atoms with van der Waals surface area (Å²) in [7, 11) is 0. The first-order valence-electron chi connectivity index (χ1n) is 13.1. The molecule has 2 nitrogen and oxygen atoms in total. The number of rotatable bonds is 2. The first kappa shape index (κ1) is 27.2. The molecular formula is C29H56O2. The van der Waals surface area contributed by atoms with Gasteiger partial charge in [0.2, 0.25) is 0 Å². The summed E-state index contributed by atoms with van der Waals surface area (Å²) >= 11 is 0. The summed E-state index contributed by atoms with van der Waals surface area (Å²) < 4.78 is 0. The van der Waals surface area contributed by atoms with Crippen LogP contribution in [0.15, 0.2) is 0 Å². The van der Waals surface area contributed by atoms with E-state index in [2.05, 4.69) is 83.1 Å². The average molecular weight is 437 g/mol. The lowest BCUT2D eigenvalue weighted by atomic mass is 9.55. The van der Waals surface area contributed by atoms with Crippen LogP contribution in [-0.4, -0.2) is 22.4 Å². The Balaban J connectivity index is 2.27. The van der Waals surface area contributed by atoms with Crippen LogP contribution in [0.3, 0.4) is 0 Å². The van der Waals surface area contributed by atoms with Crippen molar-refractivity contribution in [3.8, 4) is 0 Å². The fourth-order valence-electron chi connectivity index (χ4n) is 7.07. The van der Waals surface area contributed by atoms with Gasteiger partial charge in [0.1, 0.15) is 0 Å². The largest absolute Gasteiger partial charge is 0.393 e. The minimum Gasteiger partial charge on any atom is -0.393 e. The quantitative estimate of drug-likeness (QED) is 0.468. The van der Waals surface area contributed by atoms with E-state index in [0.29, 0.717) is 35.5 Å². The summed E-state index contributed by atoms with van der Waals surface area (Å²) in [4.78, 5) is 0. The van der Waals surface area contributed by atoms with Gasteiger partial charge in [-0.05, 0) is 89.3 Å². The number of aliphatic hydroxyl groups excluding tert-OH is 2. The van der Waals surface area contributed by atoms with Gasteiger partial charge in [-0.15, -0.1) is 0 Å². The predicted octanol–water partition coefficient (Wildman–Crippen LogP) is 7.57. The highest BCUT2D eigenvalue weighted by molar-refractivity contribution is 4.99. The highest BCUT2D eigenvalue weighted by Crippen LogP contribution is 2.53. The topological polar surface area (TPSA) is 40.5 Å². The average Bonchev–Trinajstić information content (AvgIpc) is 2.53. The van der Waals surface area contributed by atoms with Crippen LogP contribution in [0.1, 0.15) is 115 Å². The molecule has 6 unspecified atom stereocenters. The molecule has 2 saturated carbocycles. The van der Waals surface area contributed by atoms with Crippen molar-refractivity contribution in [1.82, 2.24) is 0 Å². The Labute approximate surface area is 195 Å². The standard InChI is InChI=1S/C29H56O2/c1-26(2,3)20-14-18(15-21(24(20)30)27(4,5)6)13-19-16-22(28(7,8)9)25(31)23(17-19)29(10,11)12/h18-25,30-31H,13-17H2,1-12H3/t18?,19?,20-,21?,22-,23?,24?,25?/m0/s1. The molecule has 0 aromatic carbocycles. The van der Waals surface area contributed by atoms with Gasteiger partial charge in [0.15, 0.2) is 0 Å². The van der Waals surface area contributed by atoms with Crippen LogP contribution in [0.25, 0.3) is 0 Å². The molecule has 0 aliphatic heterocycles. The first-order chi connectivity index (χ1) is 13.7. The fraction of sp³-hybridized carbons (Fsp3) is 1.00. The Hall–Kier alpha value is -0.0800. The van der Waals surface area contributed by atoms with Gasteiger partial charge < -0.3 is 10.2 Å². The van der Waals surface area contributed by atoms with Crippen LogP contribution in [0, 0.1) is 57.2 Å². The van der Waals surface area contributed by atoms with Crippen molar-refractivity contribution in [1.29, 1.82) is 0 Å². The normalized spacial score (nSPS) is 38.9. The van der Waals surface area contributed by atoms with Crippen molar-refractivity contribution in [3.05, 3.63) is 0 Å². The third-order valence-electron chi connectivity index (χ3n) is 9.11. The molecule has 0 aromatic rings. The van der Waals surface area contributed by atoms with Crippen molar-refractivity contribution in [3.63, 3.8) is 0 Å². The number of aliphatic hydroxyl groups is 2. The van der Waals surface area contributed by atoms with Gasteiger partial charge in [0, 0.05) is 0 Å². The van der Waals surface area contributed by atoms with Crippen LogP contribution in [0.4, 0.5) is 0 Å². The lowest BCUT2D eigenvalue weighted by Gasteiger charge is -2.52. The lowest BCUT2D eigenvalue weighted by molar-refractivity contribution is -0.102. The van der Waals surface area contributed by atoms with Gasteiger partial charge >= 0.3 is 0 Å². The fourth-order valence-corrected chi connectivity index (χ4v) is 7.07. The van der Waals surface area contributed by atoms with E-state index in [-0.39, 0.29) is 33.9 Å². The minimum absolute atomic E-state index is 0.131. The van der Waals surface area contributed by atoms with Crippen molar-refractivity contribution in [2.75, 3.05) is 0 Å². The second-order valence-electron chi connectivity index (χ2n) is 15.8. The maximum Gasteiger partial charge on any atom is 0.0606 e. The smallest absolute Gasteiger partial charge is 0.0606 e. The van der Waals surface area contributed by atoms with E-state index in [0.717, 1.165) is 25.7 Å². The highest BCUT2D eigenvalue weighted by atomic mass is 16.3. The van der Waals surface area contributed by atoms with Gasteiger partial charge in [0.05, 0.1) is 12.2 Å². The van der Waals surface area contributed by atoms with Crippen LogP contribution >= 0.6 is 0 Å². The van der Waals surface area contributed by atoms with E-state index in [4.69, 9.17) is 0 Å². The van der Waals surface area contributed by atoms with Gasteiger partial charge in [-0.1, -0.05) is 83.1 Å². The minimum atomic E-state index is -0.200. The molecule has 2 N–H and O–H groups in total. The molecule has 0 saturated heterocycles. The molecule has 184 valence electrons. The summed E-state index contributed by atoms with van der Waals surface area (Å²) in [5.74, 6) is 2.81. The van der Waals surface area contributed by atoms with Crippen LogP contribution in [-0.2, 0) is 0 Å². The zero-order valence-electron chi connectivity index (χ0n) is 23.0. The lowest BCUT2D eigenvalue weighted by Crippen LogP contribution is -2.49. The molecule has 2 heteroatoms. The van der Waals surface area contributed by atoms with E-state index < -0.39 is 0 Å². The number of hydrogen-bond acceptors (Lipinski definition) is 2. The first-order valence-corrected chi connectivity index (χ1v) is 13.1. The summed E-state index contributed by atoms with van der Waals surface area (Å²) in [5.41, 5.74) is 0.525. The monoisotopic (exact) mass is 436 g/mol. The third-order valence-corrected chi connectivity index (χ3v) is 9.11. The molecule has 31 heavy (non-hydrogen) atoms. The zero-order chi connectivity index (χ0) is 24.2. The van der Waals surface area contributed by atoms with Crippen LogP contribution in [0.2, 0.25) is 0 Å². The Bertz CT molecular complexity index is 480. The number of hydrogen-bond donors (Lipinski definition) is 2. The van der Waals surface area contributed by atoms with Crippen molar-refractivity contribution in [2.45, 2.75) is 127 Å². The molecule has 0 spiro atoms. The molecule has 2 aliphatic rings. The Morgan fingerprint density at radius 2 is 0.645 bits per heavy atom. The molecule has 0 bridgehead atoms. The molecule has 2 fully saturated rings. The predicted molar refractivity (Wildman–Crippen MR) is 134 cm³/mol. The molecule has 0 heterocycles. The summed E-state index contributed by atoms with van der Waals surface area (Å²) in [6.45, 7) is 27.7. The SMILES string of the molecule is CC(C)(C)C1CC(CC2CC(C(C)(C)C)C(O)[C@@H](C(C)(C)C)C2)C[C@H](C(C)(C)C)C1O. The molecule has 0 amide bonds. The summed E-state index contributed by atoms with van der Waals surface area (Å²) in [5, 5.41) is 22.6. The van der Waals surface area contributed by atoms with Gasteiger partial charge in [-0.2, -0.15) is 0 Å². The summed E-state index contributed by atoms with van der Waals surface area (Å²) in [6, 6.07) is 0. The maximum absolute atomic E-state index is 11.3. The molecular weight excluding hydrogens is 380 g/mol. The highest BCUT2D eigenvalue weighted by Gasteiger charge is 2.49. The van der Waals surface area contributed by atoms with Gasteiger partial charge in [-0.3, -0.25) is 0 Å². The van der Waals surface area contributed by atoms with Crippen molar-refractivity contribution < 1.29 is 10.2 Å². The zero-order valence-corrected chi connectivity index (χ0v) is 23.0. The second-order valence-corrected chi connectivity index (χ2v) is 15.8. The van der Waals surface area contributed by atoms with Crippen molar-refractivity contribution in [2.24, 2.45) is 57.2 Å². The Morgan fingerprint density at radius 3 is 0.806 bits per heavy atom. The van der Waals surface area contributed by atoms with Crippen LogP contribution < -0.4 is 0 Å². The van der Waals surface area contributed by atoms with Gasteiger partial charge in [-0.25, -0.2) is 0 Å². The second kappa shape index (κ2) is 8.94. The van der Waals surface area contributed by atoms with E-state index in [1.807, 2.05) is 0 Å². The van der Waals surface area contributed by atoms with E-state index in [1.54, 1.807) is 0 Å². The third kappa shape index (κ3) is 6.50. The summed E-state index contributed by atoms with van der Waals surface area (Å²) in [6.07, 6.45) is 5.46. The Morgan fingerprint density at radius 1 is 0.452 bits per heavy atom. The van der Waals surface area contributed by atoms with Gasteiger partial charge in [0.25, 0.3) is 0 Å². The molecule has 2 aliphatic carbocycles. The molecule has 0 aromatic heterocycles.